The third kappa shape index (κ3) is 4.28. The zero-order valence-corrected chi connectivity index (χ0v) is 10.5. The van der Waals surface area contributed by atoms with Crippen LogP contribution in [0.3, 0.4) is 0 Å². The van der Waals surface area contributed by atoms with E-state index in [2.05, 4.69) is 10.3 Å². The first-order chi connectivity index (χ1) is 7.63. The molecule has 1 aromatic rings. The summed E-state index contributed by atoms with van der Waals surface area (Å²) in [7, 11) is -0.865. The van der Waals surface area contributed by atoms with Crippen molar-refractivity contribution in [1.82, 2.24) is 10.3 Å². The Labute approximate surface area is 102 Å². The van der Waals surface area contributed by atoms with E-state index in [-0.39, 0.29) is 11.6 Å². The number of amides is 1. The lowest BCUT2D eigenvalue weighted by atomic mass is 10.3. The van der Waals surface area contributed by atoms with Gasteiger partial charge in [-0.25, -0.2) is 0 Å². The number of carbonyl (C=O) groups excluding carboxylic acids is 1. The summed E-state index contributed by atoms with van der Waals surface area (Å²) in [6, 6.07) is 3.10. The fourth-order valence-corrected chi connectivity index (χ4v) is 1.82. The lowest BCUT2D eigenvalue weighted by molar-refractivity contribution is 0.0951. The second-order valence-corrected chi connectivity index (χ2v) is 5.35. The van der Waals surface area contributed by atoms with Crippen molar-refractivity contribution in [2.24, 2.45) is 0 Å². The van der Waals surface area contributed by atoms with Crippen molar-refractivity contribution >= 4 is 28.3 Å². The highest BCUT2D eigenvalue weighted by Gasteiger charge is 2.07. The lowest BCUT2D eigenvalue weighted by Crippen LogP contribution is -2.28. The summed E-state index contributed by atoms with van der Waals surface area (Å²) in [5, 5.41) is 3.11. The summed E-state index contributed by atoms with van der Waals surface area (Å²) in [4.78, 5) is 15.4. The molecule has 0 aromatic carbocycles. The maximum Gasteiger partial charge on any atom is 0.269 e. The van der Waals surface area contributed by atoms with E-state index in [0.717, 1.165) is 0 Å². The van der Waals surface area contributed by atoms with Gasteiger partial charge in [0.25, 0.3) is 5.91 Å². The number of nitrogens with one attached hydrogen (secondary N) is 1. The molecule has 16 heavy (non-hydrogen) atoms. The first kappa shape index (κ1) is 13.1. The molecule has 0 aliphatic rings. The highest BCUT2D eigenvalue weighted by Crippen LogP contribution is 2.07. The van der Waals surface area contributed by atoms with Crippen LogP contribution in [-0.2, 0) is 10.8 Å². The van der Waals surface area contributed by atoms with E-state index in [1.807, 2.05) is 6.92 Å². The van der Waals surface area contributed by atoms with Crippen molar-refractivity contribution in [2.75, 3.05) is 18.1 Å². The van der Waals surface area contributed by atoms with Gasteiger partial charge in [-0.1, -0.05) is 18.5 Å². The van der Waals surface area contributed by atoms with E-state index in [9.17, 15) is 9.00 Å². The smallest absolute Gasteiger partial charge is 0.269 e. The van der Waals surface area contributed by atoms with Crippen molar-refractivity contribution in [3.63, 3.8) is 0 Å². The highest BCUT2D eigenvalue weighted by molar-refractivity contribution is 7.84. The van der Waals surface area contributed by atoms with Gasteiger partial charge >= 0.3 is 0 Å². The van der Waals surface area contributed by atoms with Crippen LogP contribution < -0.4 is 5.32 Å². The van der Waals surface area contributed by atoms with Crippen molar-refractivity contribution in [2.45, 2.75) is 6.92 Å². The predicted molar refractivity (Wildman–Crippen MR) is 65.1 cm³/mol. The van der Waals surface area contributed by atoms with Gasteiger partial charge < -0.3 is 5.32 Å². The predicted octanol–water partition coefficient (Wildman–Crippen LogP) is 1.23. The second kappa shape index (κ2) is 6.60. The van der Waals surface area contributed by atoms with Gasteiger partial charge in [0.05, 0.1) is 0 Å². The topological polar surface area (TPSA) is 59.1 Å². The molecule has 1 heterocycles. The van der Waals surface area contributed by atoms with Gasteiger partial charge in [-0.15, -0.1) is 0 Å². The van der Waals surface area contributed by atoms with E-state index < -0.39 is 10.8 Å². The van der Waals surface area contributed by atoms with E-state index in [1.54, 1.807) is 6.07 Å². The minimum atomic E-state index is -0.865. The van der Waals surface area contributed by atoms with Gasteiger partial charge in [0.15, 0.2) is 0 Å². The largest absolute Gasteiger partial charge is 0.350 e. The zero-order chi connectivity index (χ0) is 12.0. The summed E-state index contributed by atoms with van der Waals surface area (Å²) in [5.74, 6) is 0.768. The van der Waals surface area contributed by atoms with E-state index in [4.69, 9.17) is 11.6 Å². The van der Waals surface area contributed by atoms with Crippen LogP contribution in [0.1, 0.15) is 17.4 Å². The zero-order valence-electron chi connectivity index (χ0n) is 8.90. The number of rotatable bonds is 5. The first-order valence-corrected chi connectivity index (χ1v) is 6.74. The summed E-state index contributed by atoms with van der Waals surface area (Å²) in [6.45, 7) is 2.23. The Morgan fingerprint density at radius 1 is 1.62 bits per heavy atom. The maximum atomic E-state index is 11.5. The van der Waals surface area contributed by atoms with Gasteiger partial charge in [-0.05, 0) is 12.1 Å². The van der Waals surface area contributed by atoms with Crippen LogP contribution in [0.2, 0.25) is 5.02 Å². The first-order valence-electron chi connectivity index (χ1n) is 4.88. The molecule has 0 saturated carbocycles. The van der Waals surface area contributed by atoms with Crippen molar-refractivity contribution in [3.8, 4) is 0 Å². The highest BCUT2D eigenvalue weighted by atomic mass is 35.5. The molecule has 0 aliphatic carbocycles. The monoisotopic (exact) mass is 260 g/mol. The Hall–Kier alpha value is -0.940. The molecule has 1 rings (SSSR count). The molecule has 88 valence electrons. The molecule has 1 aromatic heterocycles. The summed E-state index contributed by atoms with van der Waals surface area (Å²) in [6.07, 6.45) is 1.47. The molecule has 6 heteroatoms. The summed E-state index contributed by atoms with van der Waals surface area (Å²) < 4.78 is 11.1. The number of nitrogens with zero attached hydrogens (tertiary/aromatic N) is 1. The van der Waals surface area contributed by atoms with Gasteiger partial charge in [0.1, 0.15) is 5.69 Å². The Morgan fingerprint density at radius 3 is 3.00 bits per heavy atom. The SMILES string of the molecule is CCS(=O)CCNC(=O)c1cc(Cl)ccn1. The normalized spacial score (nSPS) is 12.1. The number of halogens is 1. The molecule has 4 nitrogen and oxygen atoms in total. The third-order valence-corrected chi connectivity index (χ3v) is 3.43. The molecule has 0 fully saturated rings. The molecule has 0 radical (unpaired) electrons. The molecule has 1 amide bonds. The lowest BCUT2D eigenvalue weighted by Gasteiger charge is -2.03. The molecule has 1 N–H and O–H groups in total. The molecular formula is C10H13ClN2O2S. The molecular weight excluding hydrogens is 248 g/mol. The average Bonchev–Trinajstić information content (AvgIpc) is 2.28. The quantitative estimate of drug-likeness (QED) is 0.866. The summed E-state index contributed by atoms with van der Waals surface area (Å²) in [5.41, 5.74) is 0.273. The fraction of sp³-hybridized carbons (Fsp3) is 0.400. The van der Waals surface area contributed by atoms with Gasteiger partial charge in [-0.3, -0.25) is 14.0 Å². The van der Waals surface area contributed by atoms with Gasteiger partial charge in [-0.2, -0.15) is 0 Å². The summed E-state index contributed by atoms with van der Waals surface area (Å²) >= 11 is 5.73. The van der Waals surface area contributed by atoms with Gasteiger partial charge in [0, 0.05) is 40.1 Å². The third-order valence-electron chi connectivity index (χ3n) is 1.89. The Morgan fingerprint density at radius 2 is 2.38 bits per heavy atom. The Balaban J connectivity index is 2.44. The van der Waals surface area contributed by atoms with Crippen LogP contribution in [0.4, 0.5) is 0 Å². The number of hydrogen-bond donors (Lipinski definition) is 1. The maximum absolute atomic E-state index is 11.5. The number of pyridine rings is 1. The van der Waals surface area contributed by atoms with Crippen molar-refractivity contribution in [3.05, 3.63) is 29.0 Å². The van der Waals surface area contributed by atoms with E-state index >= 15 is 0 Å². The Bertz CT molecular complexity index is 398. The van der Waals surface area contributed by atoms with Crippen LogP contribution in [0.25, 0.3) is 0 Å². The minimum absolute atomic E-state index is 0.273. The van der Waals surface area contributed by atoms with E-state index in [0.29, 0.717) is 23.1 Å². The Kier molecular flexibility index (Phi) is 5.42. The molecule has 1 atom stereocenters. The van der Waals surface area contributed by atoms with Crippen LogP contribution in [-0.4, -0.2) is 33.2 Å². The molecule has 0 spiro atoms. The molecule has 0 saturated heterocycles. The number of carbonyl (C=O) groups is 1. The van der Waals surface area contributed by atoms with Crippen molar-refractivity contribution < 1.29 is 9.00 Å². The second-order valence-electron chi connectivity index (χ2n) is 3.05. The fourth-order valence-electron chi connectivity index (χ4n) is 1.04. The molecule has 1 unspecified atom stereocenters. The van der Waals surface area contributed by atoms with Crippen LogP contribution in [0.5, 0.6) is 0 Å². The minimum Gasteiger partial charge on any atom is -0.350 e. The number of aromatic nitrogens is 1. The molecule has 0 aliphatic heterocycles. The van der Waals surface area contributed by atoms with Crippen LogP contribution in [0.15, 0.2) is 18.3 Å². The standard InChI is InChI=1S/C10H13ClN2O2S/c1-2-16(15)6-5-13-10(14)9-7-8(11)3-4-12-9/h3-4,7H,2,5-6H2,1H3,(H,13,14). The van der Waals surface area contributed by atoms with E-state index in [1.165, 1.54) is 12.3 Å². The van der Waals surface area contributed by atoms with Crippen molar-refractivity contribution in [1.29, 1.82) is 0 Å². The average molecular weight is 261 g/mol. The number of hydrogen-bond acceptors (Lipinski definition) is 3. The van der Waals surface area contributed by atoms with Gasteiger partial charge in [0.2, 0.25) is 0 Å². The van der Waals surface area contributed by atoms with Crippen LogP contribution >= 0.6 is 11.6 Å². The molecule has 0 bridgehead atoms. The van der Waals surface area contributed by atoms with Crippen LogP contribution in [0, 0.1) is 0 Å².